The van der Waals surface area contributed by atoms with Crippen LogP contribution in [0.3, 0.4) is 0 Å². The number of rotatable bonds is 6. The fourth-order valence-electron chi connectivity index (χ4n) is 3.16. The first-order valence-electron chi connectivity index (χ1n) is 10.1. The Bertz CT molecular complexity index is 1230. The van der Waals surface area contributed by atoms with Crippen molar-refractivity contribution in [2.45, 2.75) is 53.1 Å². The molecule has 0 fully saturated rings. The molecule has 0 saturated heterocycles. The standard InChI is InChI=1S/C21H28F2N6O2S/c1-20(2,3)16(11-32(30,31)29-21(4,5)6)27-19-15(23)10-26-18(28-19)14-9-25-17-13(14)7-12(22)8-24-17/h7-10,16,29H,11H2,1-6H3,(H,24,25)(H,26,27,28)/t16-/m1/s1. The van der Waals surface area contributed by atoms with Crippen LogP contribution < -0.4 is 10.0 Å². The van der Waals surface area contributed by atoms with E-state index in [2.05, 4.69) is 30.0 Å². The average molecular weight is 467 g/mol. The first-order chi connectivity index (χ1) is 14.6. The summed E-state index contributed by atoms with van der Waals surface area (Å²) in [5, 5.41) is 3.40. The maximum atomic E-state index is 14.6. The summed E-state index contributed by atoms with van der Waals surface area (Å²) < 4.78 is 56.3. The molecule has 0 aliphatic carbocycles. The topological polar surface area (TPSA) is 113 Å². The van der Waals surface area contributed by atoms with Gasteiger partial charge in [0, 0.05) is 28.7 Å². The molecule has 0 aromatic carbocycles. The van der Waals surface area contributed by atoms with Gasteiger partial charge in [-0.25, -0.2) is 36.9 Å². The molecule has 0 saturated carbocycles. The number of H-pyrrole nitrogens is 1. The predicted molar refractivity (Wildman–Crippen MR) is 121 cm³/mol. The van der Waals surface area contributed by atoms with Crippen LogP contribution in [-0.2, 0) is 10.0 Å². The molecule has 3 N–H and O–H groups in total. The lowest BCUT2D eigenvalue weighted by atomic mass is 9.88. The van der Waals surface area contributed by atoms with Crippen LogP contribution in [0.15, 0.2) is 24.7 Å². The minimum Gasteiger partial charge on any atom is -0.363 e. The highest BCUT2D eigenvalue weighted by atomic mass is 32.2. The highest BCUT2D eigenvalue weighted by Gasteiger charge is 2.32. The summed E-state index contributed by atoms with van der Waals surface area (Å²) in [6.45, 7) is 10.8. The van der Waals surface area contributed by atoms with Crippen molar-refractivity contribution in [2.24, 2.45) is 5.41 Å². The maximum absolute atomic E-state index is 14.6. The van der Waals surface area contributed by atoms with Gasteiger partial charge in [-0.15, -0.1) is 0 Å². The molecule has 3 heterocycles. The van der Waals surface area contributed by atoms with Crippen LogP contribution in [-0.4, -0.2) is 45.7 Å². The number of hydrogen-bond donors (Lipinski definition) is 3. The van der Waals surface area contributed by atoms with Crippen molar-refractivity contribution in [3.63, 3.8) is 0 Å². The molecule has 0 bridgehead atoms. The first kappa shape index (κ1) is 24.0. The Hall–Kier alpha value is -2.66. The van der Waals surface area contributed by atoms with Crippen molar-refractivity contribution in [3.8, 4) is 11.4 Å². The monoisotopic (exact) mass is 466 g/mol. The van der Waals surface area contributed by atoms with Crippen molar-refractivity contribution in [1.82, 2.24) is 24.7 Å². The van der Waals surface area contributed by atoms with E-state index in [1.807, 2.05) is 20.8 Å². The Kier molecular flexibility index (Phi) is 6.27. The molecule has 3 rings (SSSR count). The average Bonchev–Trinajstić information content (AvgIpc) is 3.03. The molecule has 0 aliphatic heterocycles. The molecular weight excluding hydrogens is 438 g/mol. The molecule has 0 unspecified atom stereocenters. The second kappa shape index (κ2) is 8.36. The molecule has 0 radical (unpaired) electrons. The molecule has 0 amide bonds. The lowest BCUT2D eigenvalue weighted by Gasteiger charge is -2.33. The summed E-state index contributed by atoms with van der Waals surface area (Å²) in [6, 6.07) is 0.623. The molecule has 0 aliphatic rings. The predicted octanol–water partition coefficient (Wildman–Crippen LogP) is 3.84. The Labute approximate surface area is 186 Å². The summed E-state index contributed by atoms with van der Waals surface area (Å²) in [6.07, 6.45) is 3.64. The van der Waals surface area contributed by atoms with Crippen molar-refractivity contribution in [1.29, 1.82) is 0 Å². The lowest BCUT2D eigenvalue weighted by molar-refractivity contribution is 0.355. The molecule has 3 aromatic rings. The van der Waals surface area contributed by atoms with Gasteiger partial charge in [0.25, 0.3) is 0 Å². The fourth-order valence-corrected chi connectivity index (χ4v) is 5.20. The maximum Gasteiger partial charge on any atom is 0.214 e. The van der Waals surface area contributed by atoms with Gasteiger partial charge >= 0.3 is 0 Å². The first-order valence-corrected chi connectivity index (χ1v) is 11.7. The number of nitrogens with zero attached hydrogens (tertiary/aromatic N) is 3. The number of anilines is 1. The Morgan fingerprint density at radius 2 is 1.78 bits per heavy atom. The number of aromatic nitrogens is 4. The summed E-state index contributed by atoms with van der Waals surface area (Å²) in [7, 11) is -3.67. The van der Waals surface area contributed by atoms with E-state index in [1.54, 1.807) is 27.0 Å². The highest BCUT2D eigenvalue weighted by Crippen LogP contribution is 2.29. The number of aromatic amines is 1. The Morgan fingerprint density at radius 1 is 1.09 bits per heavy atom. The minimum absolute atomic E-state index is 0.139. The number of hydrogen-bond acceptors (Lipinski definition) is 6. The Balaban J connectivity index is 1.96. The van der Waals surface area contributed by atoms with Gasteiger partial charge in [0.05, 0.1) is 18.1 Å². The minimum atomic E-state index is -3.67. The van der Waals surface area contributed by atoms with Gasteiger partial charge in [-0.05, 0) is 32.3 Å². The third kappa shape index (κ3) is 5.77. The molecule has 0 spiro atoms. The number of nitrogens with one attached hydrogen (secondary N) is 3. The smallest absolute Gasteiger partial charge is 0.214 e. The molecule has 8 nitrogen and oxygen atoms in total. The van der Waals surface area contributed by atoms with Crippen LogP contribution in [0.1, 0.15) is 41.5 Å². The zero-order valence-electron chi connectivity index (χ0n) is 18.9. The van der Waals surface area contributed by atoms with Gasteiger partial charge in [0.15, 0.2) is 17.5 Å². The van der Waals surface area contributed by atoms with E-state index in [0.717, 1.165) is 12.4 Å². The van der Waals surface area contributed by atoms with Gasteiger partial charge in [0.1, 0.15) is 11.5 Å². The van der Waals surface area contributed by atoms with Crippen molar-refractivity contribution in [3.05, 3.63) is 36.3 Å². The van der Waals surface area contributed by atoms with Crippen molar-refractivity contribution < 1.29 is 17.2 Å². The van der Waals surface area contributed by atoms with Crippen LogP contribution in [0.5, 0.6) is 0 Å². The van der Waals surface area contributed by atoms with Crippen molar-refractivity contribution >= 4 is 26.9 Å². The number of sulfonamides is 1. The van der Waals surface area contributed by atoms with Gasteiger partial charge in [-0.2, -0.15) is 0 Å². The van der Waals surface area contributed by atoms with Crippen LogP contribution in [0.25, 0.3) is 22.4 Å². The second-order valence-corrected chi connectivity index (χ2v) is 11.6. The van der Waals surface area contributed by atoms with E-state index in [9.17, 15) is 17.2 Å². The quantitative estimate of drug-likeness (QED) is 0.509. The van der Waals surface area contributed by atoms with Crippen LogP contribution in [0.2, 0.25) is 0 Å². The molecule has 3 aromatic heterocycles. The molecule has 32 heavy (non-hydrogen) atoms. The molecule has 11 heteroatoms. The number of fused-ring (bicyclic) bond motifs is 1. The van der Waals surface area contributed by atoms with Crippen LogP contribution in [0, 0.1) is 17.0 Å². The van der Waals surface area contributed by atoms with E-state index >= 15 is 0 Å². The van der Waals surface area contributed by atoms with E-state index in [1.165, 1.54) is 6.07 Å². The SMILES string of the molecule is CC(C)(C)NS(=O)(=O)C[C@@H](Nc1nc(-c2c[nH]c3ncc(F)cc23)ncc1F)C(C)(C)C. The lowest BCUT2D eigenvalue weighted by Crippen LogP contribution is -2.48. The Morgan fingerprint density at radius 3 is 2.41 bits per heavy atom. The van der Waals surface area contributed by atoms with Crippen LogP contribution in [0.4, 0.5) is 14.6 Å². The summed E-state index contributed by atoms with van der Waals surface area (Å²) in [4.78, 5) is 15.2. The third-order valence-corrected chi connectivity index (χ3v) is 6.38. The van der Waals surface area contributed by atoms with Gasteiger partial charge in [-0.1, -0.05) is 20.8 Å². The summed E-state index contributed by atoms with van der Waals surface area (Å²) >= 11 is 0. The van der Waals surface area contributed by atoms with Gasteiger partial charge in [0.2, 0.25) is 10.0 Å². The zero-order valence-corrected chi connectivity index (χ0v) is 19.7. The van der Waals surface area contributed by atoms with E-state index < -0.39 is 38.7 Å². The largest absolute Gasteiger partial charge is 0.363 e. The zero-order chi connectivity index (χ0) is 23.9. The van der Waals surface area contributed by atoms with Gasteiger partial charge in [-0.3, -0.25) is 0 Å². The van der Waals surface area contributed by atoms with Gasteiger partial charge < -0.3 is 10.3 Å². The number of pyridine rings is 1. The van der Waals surface area contributed by atoms with Crippen molar-refractivity contribution in [2.75, 3.05) is 11.1 Å². The van der Waals surface area contributed by atoms with E-state index in [-0.39, 0.29) is 17.4 Å². The van der Waals surface area contributed by atoms with E-state index in [4.69, 9.17) is 0 Å². The fraction of sp³-hybridized carbons (Fsp3) is 0.476. The molecule has 174 valence electrons. The molecule has 1 atom stereocenters. The third-order valence-electron chi connectivity index (χ3n) is 4.69. The summed E-state index contributed by atoms with van der Waals surface area (Å²) in [5.74, 6) is -1.53. The van der Waals surface area contributed by atoms with E-state index in [0.29, 0.717) is 16.6 Å². The number of halogens is 2. The highest BCUT2D eigenvalue weighted by molar-refractivity contribution is 7.89. The molecular formula is C21H28F2N6O2S. The normalized spacial score (nSPS) is 14.0. The second-order valence-electron chi connectivity index (χ2n) is 9.84. The van der Waals surface area contributed by atoms with Crippen LogP contribution >= 0.6 is 0 Å². The summed E-state index contributed by atoms with van der Waals surface area (Å²) in [5.41, 5.74) is -0.300.